The monoisotopic (exact) mass is 464 g/mol. The minimum Gasteiger partial charge on any atom is -0.453 e. The van der Waals surface area contributed by atoms with Gasteiger partial charge >= 0.3 is 22.3 Å². The molecular formula is C19H20N4O8S. The van der Waals surface area contributed by atoms with E-state index in [-0.39, 0.29) is 22.0 Å². The van der Waals surface area contributed by atoms with E-state index in [2.05, 4.69) is 30.4 Å². The van der Waals surface area contributed by atoms with Gasteiger partial charge in [0.15, 0.2) is 0 Å². The molecule has 2 rings (SSSR count). The van der Waals surface area contributed by atoms with Crippen molar-refractivity contribution in [2.45, 2.75) is 11.8 Å². The molecule has 0 heterocycles. The van der Waals surface area contributed by atoms with E-state index >= 15 is 0 Å². The molecule has 32 heavy (non-hydrogen) atoms. The second-order valence-corrected chi connectivity index (χ2v) is 7.45. The Labute approximate surface area is 183 Å². The summed E-state index contributed by atoms with van der Waals surface area (Å²) < 4.78 is 39.1. The van der Waals surface area contributed by atoms with Crippen molar-refractivity contribution in [3.8, 4) is 5.75 Å². The average Bonchev–Trinajstić information content (AvgIpc) is 2.75. The highest BCUT2D eigenvalue weighted by molar-refractivity contribution is 7.87. The summed E-state index contributed by atoms with van der Waals surface area (Å²) in [5.74, 6) is -1.01. The number of ether oxygens (including phenoxy) is 2. The smallest absolute Gasteiger partial charge is 0.413 e. The van der Waals surface area contributed by atoms with E-state index in [4.69, 9.17) is 4.18 Å². The lowest BCUT2D eigenvalue weighted by Gasteiger charge is -2.13. The lowest BCUT2D eigenvalue weighted by atomic mass is 10.2. The summed E-state index contributed by atoms with van der Waals surface area (Å²) >= 11 is 0. The molecule has 0 aliphatic heterocycles. The first-order valence-corrected chi connectivity index (χ1v) is 10.2. The molecule has 0 fully saturated rings. The number of hydrogen-bond donors (Lipinski definition) is 3. The zero-order valence-electron chi connectivity index (χ0n) is 17.2. The minimum atomic E-state index is -4.16. The number of methoxy groups -OCH3 is 2. The standard InChI is InChI=1S/C19H20N4O8S/c1-12(24)20-15-10-9-13(31-32(27,28)14-7-5-4-6-8-14)11-16(15)21-17(22-18(25)29-2)23-19(26)30-3/h4-11H,1-3H3,(H,20,24)(H2,21,22,23,25,26). The number of guanidine groups is 1. The molecule has 3 N–H and O–H groups in total. The van der Waals surface area contributed by atoms with E-state index in [0.717, 1.165) is 14.2 Å². The first kappa shape index (κ1) is 24.1. The number of hydrogen-bond acceptors (Lipinski definition) is 9. The van der Waals surface area contributed by atoms with Crippen LogP contribution in [0.4, 0.5) is 21.0 Å². The maximum absolute atomic E-state index is 12.5. The molecule has 0 bridgehead atoms. The molecule has 0 aliphatic rings. The summed E-state index contributed by atoms with van der Waals surface area (Å²) in [4.78, 5) is 38.7. The third-order valence-electron chi connectivity index (χ3n) is 3.56. The predicted octanol–water partition coefficient (Wildman–Crippen LogP) is 2.11. The minimum absolute atomic E-state index is 0.0521. The van der Waals surface area contributed by atoms with Gasteiger partial charge in [-0.3, -0.25) is 15.4 Å². The van der Waals surface area contributed by atoms with Crippen molar-refractivity contribution in [1.82, 2.24) is 10.6 Å². The maximum Gasteiger partial charge on any atom is 0.413 e. The molecule has 2 aromatic rings. The Morgan fingerprint density at radius 2 is 1.50 bits per heavy atom. The Balaban J connectivity index is 2.49. The Morgan fingerprint density at radius 3 is 2.03 bits per heavy atom. The number of nitrogens with zero attached hydrogens (tertiary/aromatic N) is 1. The SMILES string of the molecule is COC(=O)NC(=Nc1cc(OS(=O)(=O)c2ccccc2)ccc1NC(C)=O)NC(=O)OC. The topological polar surface area (TPSA) is 161 Å². The largest absolute Gasteiger partial charge is 0.453 e. The normalized spacial score (nSPS) is 10.3. The number of amides is 3. The number of rotatable bonds is 5. The van der Waals surface area contributed by atoms with Crippen molar-refractivity contribution < 1.29 is 36.5 Å². The van der Waals surface area contributed by atoms with Gasteiger partial charge in [-0.25, -0.2) is 14.6 Å². The van der Waals surface area contributed by atoms with Gasteiger partial charge in [0, 0.05) is 13.0 Å². The fourth-order valence-electron chi connectivity index (χ4n) is 2.22. The Morgan fingerprint density at radius 1 is 0.906 bits per heavy atom. The van der Waals surface area contributed by atoms with Gasteiger partial charge in [-0.1, -0.05) is 18.2 Å². The van der Waals surface area contributed by atoms with Crippen LogP contribution in [-0.4, -0.2) is 46.7 Å². The van der Waals surface area contributed by atoms with Crippen LogP contribution in [0.5, 0.6) is 5.75 Å². The second kappa shape index (κ2) is 10.8. The second-order valence-electron chi connectivity index (χ2n) is 5.90. The summed E-state index contributed by atoms with van der Waals surface area (Å²) in [5, 5.41) is 6.82. The molecule has 12 nitrogen and oxygen atoms in total. The third-order valence-corrected chi connectivity index (χ3v) is 4.82. The Hall–Kier alpha value is -4.13. The van der Waals surface area contributed by atoms with E-state index < -0.39 is 34.2 Å². The summed E-state index contributed by atoms with van der Waals surface area (Å²) in [6.45, 7) is 1.25. The number of anilines is 1. The highest BCUT2D eigenvalue weighted by Gasteiger charge is 2.18. The summed E-state index contributed by atoms with van der Waals surface area (Å²) in [6.07, 6.45) is -1.92. The zero-order valence-corrected chi connectivity index (χ0v) is 18.1. The Kier molecular flexibility index (Phi) is 8.12. The van der Waals surface area contributed by atoms with Crippen LogP contribution < -0.4 is 20.1 Å². The van der Waals surface area contributed by atoms with E-state index in [1.807, 2.05) is 0 Å². The summed E-state index contributed by atoms with van der Waals surface area (Å²) in [5.41, 5.74) is 0.0848. The molecule has 0 aliphatic carbocycles. The van der Waals surface area contributed by atoms with Gasteiger partial charge in [0.2, 0.25) is 11.9 Å². The molecule has 0 aromatic heterocycles. The fraction of sp³-hybridized carbons (Fsp3) is 0.158. The van der Waals surface area contributed by atoms with Gasteiger partial charge < -0.3 is 19.0 Å². The summed E-state index contributed by atoms with van der Waals surface area (Å²) in [7, 11) is -1.97. The lowest BCUT2D eigenvalue weighted by molar-refractivity contribution is -0.114. The molecule has 0 radical (unpaired) electrons. The van der Waals surface area contributed by atoms with Crippen molar-refractivity contribution in [2.24, 2.45) is 4.99 Å². The predicted molar refractivity (Wildman–Crippen MR) is 113 cm³/mol. The number of alkyl carbamates (subject to hydrolysis) is 2. The number of nitrogens with one attached hydrogen (secondary N) is 3. The molecule has 0 unspecified atom stereocenters. The fourth-order valence-corrected chi connectivity index (χ4v) is 3.16. The van der Waals surface area contributed by atoms with Gasteiger partial charge in [-0.2, -0.15) is 8.42 Å². The average molecular weight is 464 g/mol. The van der Waals surface area contributed by atoms with E-state index in [1.54, 1.807) is 6.07 Å². The Bertz CT molecular complexity index is 1110. The highest BCUT2D eigenvalue weighted by Crippen LogP contribution is 2.31. The molecular weight excluding hydrogens is 444 g/mol. The van der Waals surface area contributed by atoms with Crippen molar-refractivity contribution in [3.63, 3.8) is 0 Å². The van der Waals surface area contributed by atoms with E-state index in [0.29, 0.717) is 0 Å². The van der Waals surface area contributed by atoms with Gasteiger partial charge in [0.1, 0.15) is 10.6 Å². The van der Waals surface area contributed by atoms with Crippen LogP contribution in [0.25, 0.3) is 0 Å². The van der Waals surface area contributed by atoms with Gasteiger partial charge in [-0.05, 0) is 24.3 Å². The van der Waals surface area contributed by atoms with Crippen LogP contribution in [0, 0.1) is 0 Å². The molecule has 0 saturated carbocycles. The van der Waals surface area contributed by atoms with Crippen LogP contribution >= 0.6 is 0 Å². The van der Waals surface area contributed by atoms with E-state index in [1.165, 1.54) is 49.4 Å². The maximum atomic E-state index is 12.5. The van der Waals surface area contributed by atoms with Crippen molar-refractivity contribution >= 4 is 45.5 Å². The van der Waals surface area contributed by atoms with Gasteiger partial charge in [-0.15, -0.1) is 0 Å². The molecule has 0 atom stereocenters. The number of aliphatic imine (C=N–C) groups is 1. The molecule has 2 aromatic carbocycles. The van der Waals surface area contributed by atoms with Crippen molar-refractivity contribution in [2.75, 3.05) is 19.5 Å². The van der Waals surface area contributed by atoms with Gasteiger partial charge in [0.25, 0.3) is 0 Å². The van der Waals surface area contributed by atoms with Crippen LogP contribution in [0.3, 0.4) is 0 Å². The number of benzene rings is 2. The third kappa shape index (κ3) is 6.98. The highest BCUT2D eigenvalue weighted by atomic mass is 32.2. The molecule has 13 heteroatoms. The molecule has 0 saturated heterocycles. The van der Waals surface area contributed by atoms with Crippen LogP contribution in [0.1, 0.15) is 6.92 Å². The van der Waals surface area contributed by atoms with Crippen molar-refractivity contribution in [3.05, 3.63) is 48.5 Å². The quantitative estimate of drug-likeness (QED) is 0.344. The van der Waals surface area contributed by atoms with Crippen LogP contribution in [0.2, 0.25) is 0 Å². The van der Waals surface area contributed by atoms with Gasteiger partial charge in [0.05, 0.1) is 25.6 Å². The van der Waals surface area contributed by atoms with E-state index in [9.17, 15) is 22.8 Å². The summed E-state index contributed by atoms with van der Waals surface area (Å²) in [6, 6.07) is 11.3. The van der Waals surface area contributed by atoms with Crippen LogP contribution in [-0.2, 0) is 24.4 Å². The zero-order chi connectivity index (χ0) is 23.7. The first-order chi connectivity index (χ1) is 15.1. The number of carbonyl (C=O) groups excluding carboxylic acids is 3. The van der Waals surface area contributed by atoms with Crippen molar-refractivity contribution in [1.29, 1.82) is 0 Å². The van der Waals surface area contributed by atoms with Crippen LogP contribution in [0.15, 0.2) is 58.4 Å². The lowest BCUT2D eigenvalue weighted by Crippen LogP contribution is -2.43. The number of carbonyl (C=O) groups is 3. The molecule has 0 spiro atoms. The molecule has 170 valence electrons. The molecule has 3 amide bonds. The first-order valence-electron chi connectivity index (χ1n) is 8.84.